The van der Waals surface area contributed by atoms with Crippen LogP contribution in [-0.2, 0) is 0 Å². The molecule has 0 aliphatic carbocycles. The summed E-state index contributed by atoms with van der Waals surface area (Å²) in [6.07, 6.45) is 2.51. The van der Waals surface area contributed by atoms with Gasteiger partial charge in [-0.2, -0.15) is 0 Å². The third-order valence-corrected chi connectivity index (χ3v) is 16.1. The fraction of sp³-hybridized carbons (Fsp3) is 0.625. The van der Waals surface area contributed by atoms with Crippen molar-refractivity contribution in [2.75, 3.05) is 45.1 Å². The molecule has 2 aliphatic rings. The molecule has 0 amide bonds. The van der Waals surface area contributed by atoms with Gasteiger partial charge in [0.05, 0.1) is 38.6 Å². The Morgan fingerprint density at radius 2 is 0.893 bits per heavy atom. The highest BCUT2D eigenvalue weighted by Gasteiger charge is 2.30. The summed E-state index contributed by atoms with van der Waals surface area (Å²) in [6.45, 7) is 0.396. The first-order valence-corrected chi connectivity index (χ1v) is 18.8. The minimum Gasteiger partial charge on any atom is -0.396 e. The third kappa shape index (κ3) is 9.72. The minimum atomic E-state index is 0.198. The molecule has 0 unspecified atom stereocenters. The number of hydrogen-bond acceptors (Lipinski definition) is 10. The van der Waals surface area contributed by atoms with Gasteiger partial charge in [0.2, 0.25) is 0 Å². The lowest BCUT2D eigenvalue weighted by Crippen LogP contribution is -1.87. The predicted molar refractivity (Wildman–Crippen MR) is 162 cm³/mol. The molecule has 0 aromatic heterocycles. The van der Waals surface area contributed by atoms with E-state index in [0.29, 0.717) is 0 Å². The molecule has 0 saturated carbocycles. The number of aliphatic hydroxyl groups is 2. The highest BCUT2D eigenvalue weighted by Crippen LogP contribution is 2.66. The molecule has 12 heteroatoms. The van der Waals surface area contributed by atoms with E-state index in [0.717, 1.165) is 11.5 Å². The van der Waals surface area contributed by atoms with Crippen LogP contribution in [0.2, 0.25) is 0 Å². The standard InChI is InChI=1S/C16H22I2O2S8/c17-3-1-7-21-11-12(22-8-2-4-18)26-15(25-11)16-27-13(23-9-5-19)14(28-16)24-10-6-20/h19-20H,1-10H2. The summed E-state index contributed by atoms with van der Waals surface area (Å²) in [5, 5.41) is 18.4. The van der Waals surface area contributed by atoms with Crippen molar-refractivity contribution in [3.63, 3.8) is 0 Å². The fourth-order valence-corrected chi connectivity index (χ4v) is 15.2. The molecule has 2 heterocycles. The Bertz CT molecular complexity index is 551. The Morgan fingerprint density at radius 1 is 0.571 bits per heavy atom. The molecule has 0 bridgehead atoms. The van der Waals surface area contributed by atoms with Gasteiger partial charge in [-0.25, -0.2) is 0 Å². The van der Waals surface area contributed by atoms with Gasteiger partial charge in [-0.15, -0.1) is 47.0 Å². The van der Waals surface area contributed by atoms with Gasteiger partial charge >= 0.3 is 0 Å². The summed E-state index contributed by atoms with van der Waals surface area (Å²) in [6, 6.07) is 0. The lowest BCUT2D eigenvalue weighted by atomic mass is 10.6. The van der Waals surface area contributed by atoms with Crippen molar-refractivity contribution in [2.24, 2.45) is 0 Å². The van der Waals surface area contributed by atoms with Crippen molar-refractivity contribution >= 4 is 139 Å². The first-order chi connectivity index (χ1) is 13.7. The van der Waals surface area contributed by atoms with Gasteiger partial charge in [0.15, 0.2) is 0 Å². The molecular weight excluding hydrogens is 735 g/mol. The molecule has 0 spiro atoms. The van der Waals surface area contributed by atoms with E-state index in [9.17, 15) is 10.2 Å². The van der Waals surface area contributed by atoms with Crippen LogP contribution < -0.4 is 0 Å². The van der Waals surface area contributed by atoms with Crippen molar-refractivity contribution in [3.8, 4) is 0 Å². The quantitative estimate of drug-likeness (QED) is 0.104. The molecule has 0 aromatic carbocycles. The van der Waals surface area contributed by atoms with Gasteiger partial charge in [0.1, 0.15) is 0 Å². The van der Waals surface area contributed by atoms with E-state index in [1.165, 1.54) is 58.6 Å². The van der Waals surface area contributed by atoms with Crippen LogP contribution in [0.4, 0.5) is 0 Å². The highest BCUT2D eigenvalue weighted by molar-refractivity contribution is 14.1. The van der Waals surface area contributed by atoms with Crippen LogP contribution in [0, 0.1) is 0 Å². The molecule has 2 aliphatic heterocycles. The molecule has 160 valence electrons. The molecule has 0 fully saturated rings. The number of alkyl halides is 2. The maximum atomic E-state index is 9.20. The van der Waals surface area contributed by atoms with Crippen LogP contribution in [-0.4, -0.2) is 55.3 Å². The monoisotopic (exact) mass is 756 g/mol. The highest BCUT2D eigenvalue weighted by atomic mass is 127. The summed E-state index contributed by atoms with van der Waals surface area (Å²) >= 11 is 20.0. The average Bonchev–Trinajstić information content (AvgIpc) is 3.29. The molecule has 2 nitrogen and oxygen atoms in total. The Kier molecular flexibility index (Phi) is 16.7. The van der Waals surface area contributed by atoms with Gasteiger partial charge in [-0.1, -0.05) is 92.2 Å². The maximum absolute atomic E-state index is 9.20. The second-order valence-electron chi connectivity index (χ2n) is 5.06. The first-order valence-electron chi connectivity index (χ1n) is 8.52. The summed E-state index contributed by atoms with van der Waals surface area (Å²) in [5.74, 6) is 3.83. The lowest BCUT2D eigenvalue weighted by molar-refractivity contribution is 0.322. The fourth-order valence-electron chi connectivity index (χ4n) is 1.78. The van der Waals surface area contributed by atoms with Crippen molar-refractivity contribution < 1.29 is 10.2 Å². The predicted octanol–water partition coefficient (Wildman–Crippen LogP) is 7.89. The van der Waals surface area contributed by atoms with Gasteiger partial charge < -0.3 is 10.2 Å². The summed E-state index contributed by atoms with van der Waals surface area (Å²) < 4.78 is 10.7. The van der Waals surface area contributed by atoms with Gasteiger partial charge in [0, 0.05) is 20.4 Å². The zero-order valence-corrected chi connectivity index (χ0v) is 25.8. The second kappa shape index (κ2) is 16.9. The zero-order chi connectivity index (χ0) is 20.2. The smallest absolute Gasteiger partial charge is 0.0717 e. The largest absolute Gasteiger partial charge is 0.396 e. The normalized spacial score (nSPS) is 17.6. The van der Waals surface area contributed by atoms with Crippen molar-refractivity contribution in [3.05, 3.63) is 25.4 Å². The Balaban J connectivity index is 2.06. The number of halogens is 2. The Hall–Kier alpha value is 3.40. The molecule has 2 N–H and O–H groups in total. The van der Waals surface area contributed by atoms with Crippen LogP contribution in [0.3, 0.4) is 0 Å². The maximum Gasteiger partial charge on any atom is 0.0717 e. The zero-order valence-electron chi connectivity index (χ0n) is 15.0. The van der Waals surface area contributed by atoms with Crippen molar-refractivity contribution in [1.82, 2.24) is 0 Å². The second-order valence-corrected chi connectivity index (χ2v) is 17.3. The van der Waals surface area contributed by atoms with Gasteiger partial charge in [-0.05, 0) is 24.3 Å². The Morgan fingerprint density at radius 3 is 1.18 bits per heavy atom. The van der Waals surface area contributed by atoms with E-state index in [2.05, 4.69) is 45.2 Å². The SMILES string of the molecule is OCCSC1=C(SCCO)SC(=C2SC(SCCCI)=C(SCCCI)S2)S1. The molecule has 0 aromatic rings. The van der Waals surface area contributed by atoms with Gasteiger partial charge in [0.25, 0.3) is 0 Å². The topological polar surface area (TPSA) is 40.5 Å². The van der Waals surface area contributed by atoms with E-state index in [1.54, 1.807) is 23.5 Å². The summed E-state index contributed by atoms with van der Waals surface area (Å²) in [5.41, 5.74) is 0. The van der Waals surface area contributed by atoms with Crippen LogP contribution in [0.1, 0.15) is 12.8 Å². The Labute approximate surface area is 229 Å². The van der Waals surface area contributed by atoms with E-state index in [-0.39, 0.29) is 13.2 Å². The van der Waals surface area contributed by atoms with E-state index in [4.69, 9.17) is 0 Å². The van der Waals surface area contributed by atoms with Crippen LogP contribution in [0.15, 0.2) is 25.4 Å². The van der Waals surface area contributed by atoms with Crippen LogP contribution >= 0.6 is 139 Å². The first kappa shape index (κ1) is 27.6. The van der Waals surface area contributed by atoms with Crippen molar-refractivity contribution in [1.29, 1.82) is 0 Å². The molecule has 0 radical (unpaired) electrons. The van der Waals surface area contributed by atoms with E-state index >= 15 is 0 Å². The molecule has 28 heavy (non-hydrogen) atoms. The lowest BCUT2D eigenvalue weighted by Gasteiger charge is -2.03. The van der Waals surface area contributed by atoms with E-state index < -0.39 is 0 Å². The summed E-state index contributed by atoms with van der Waals surface area (Å²) in [7, 11) is 0. The minimum absolute atomic E-state index is 0.198. The molecule has 2 rings (SSSR count). The molecular formula is C16H22I2O2S8. The van der Waals surface area contributed by atoms with Crippen molar-refractivity contribution in [2.45, 2.75) is 12.8 Å². The molecule has 0 saturated heterocycles. The van der Waals surface area contributed by atoms with Crippen LogP contribution in [0.5, 0.6) is 0 Å². The average molecular weight is 757 g/mol. The number of rotatable bonds is 14. The number of hydrogen-bond donors (Lipinski definition) is 2. The van der Waals surface area contributed by atoms with Crippen LogP contribution in [0.25, 0.3) is 0 Å². The summed E-state index contributed by atoms with van der Waals surface area (Å²) in [4.78, 5) is 0. The third-order valence-electron chi connectivity index (χ3n) is 2.91. The molecule has 0 atom stereocenters. The number of aliphatic hydroxyl groups excluding tert-OH is 2. The number of thioether (sulfide) groups is 8. The van der Waals surface area contributed by atoms with E-state index in [1.807, 2.05) is 70.6 Å². The van der Waals surface area contributed by atoms with Gasteiger partial charge in [-0.3, -0.25) is 0 Å².